The molecule has 0 aromatic carbocycles. The van der Waals surface area contributed by atoms with Gasteiger partial charge in [-0.05, 0) is 0 Å². The second kappa shape index (κ2) is 7.41. The van der Waals surface area contributed by atoms with E-state index in [-0.39, 0.29) is 0 Å². The summed E-state index contributed by atoms with van der Waals surface area (Å²) in [6.07, 6.45) is 4.88. The zero-order chi connectivity index (χ0) is 14.4. The molecule has 0 atom stereocenters. The minimum atomic E-state index is -3.11. The van der Waals surface area contributed by atoms with Crippen molar-refractivity contribution >= 4 is 21.8 Å². The monoisotopic (exact) mass is 320 g/mol. The third-order valence-corrected chi connectivity index (χ3v) is 4.57. The van der Waals surface area contributed by atoms with Crippen LogP contribution < -0.4 is 4.72 Å². The van der Waals surface area contributed by atoms with Crippen LogP contribution in [-0.4, -0.2) is 67.7 Å². The molecule has 1 saturated heterocycles. The average Bonchev–Trinajstić information content (AvgIpc) is 2.82. The van der Waals surface area contributed by atoms with E-state index in [9.17, 15) is 8.42 Å². The van der Waals surface area contributed by atoms with E-state index in [4.69, 9.17) is 4.74 Å². The van der Waals surface area contributed by atoms with Crippen LogP contribution in [-0.2, 0) is 21.4 Å². The van der Waals surface area contributed by atoms with Crippen molar-refractivity contribution in [2.45, 2.75) is 11.8 Å². The van der Waals surface area contributed by atoms with Crippen molar-refractivity contribution in [3.8, 4) is 0 Å². The summed E-state index contributed by atoms with van der Waals surface area (Å²) < 4.78 is 31.8. The molecular weight excluding hydrogens is 300 g/mol. The van der Waals surface area contributed by atoms with E-state index < -0.39 is 10.0 Å². The predicted molar refractivity (Wildman–Crippen MR) is 78.2 cm³/mol. The second-order valence-electron chi connectivity index (χ2n) is 4.57. The van der Waals surface area contributed by atoms with Gasteiger partial charge < -0.3 is 9.30 Å². The van der Waals surface area contributed by atoms with E-state index in [1.807, 2.05) is 6.20 Å². The molecule has 0 bridgehead atoms. The fourth-order valence-electron chi connectivity index (χ4n) is 1.87. The minimum Gasteiger partial charge on any atom is -0.379 e. The maximum Gasteiger partial charge on any atom is 0.208 e. The van der Waals surface area contributed by atoms with E-state index in [0.717, 1.165) is 44.4 Å². The molecule has 0 spiro atoms. The van der Waals surface area contributed by atoms with Gasteiger partial charge in [0.15, 0.2) is 5.16 Å². The van der Waals surface area contributed by atoms with Crippen LogP contribution in [0.2, 0.25) is 0 Å². The van der Waals surface area contributed by atoms with Crippen LogP contribution in [0, 0.1) is 0 Å². The molecule has 1 aliphatic rings. The molecule has 9 heteroatoms. The third kappa shape index (κ3) is 5.41. The van der Waals surface area contributed by atoms with Gasteiger partial charge in [0.2, 0.25) is 10.0 Å². The number of hydrogen-bond acceptors (Lipinski definition) is 6. The molecule has 0 saturated carbocycles. The van der Waals surface area contributed by atoms with Gasteiger partial charge in [-0.2, -0.15) is 0 Å². The number of rotatable bonds is 7. The van der Waals surface area contributed by atoms with E-state index in [0.29, 0.717) is 12.3 Å². The highest BCUT2D eigenvalue weighted by atomic mass is 32.2. The summed E-state index contributed by atoms with van der Waals surface area (Å²) in [5, 5.41) is 0.909. The van der Waals surface area contributed by atoms with Crippen LogP contribution in [0.5, 0.6) is 0 Å². The van der Waals surface area contributed by atoms with E-state index in [2.05, 4.69) is 19.2 Å². The maximum atomic E-state index is 11.0. The number of nitrogens with zero attached hydrogens (tertiary/aromatic N) is 3. The van der Waals surface area contributed by atoms with E-state index in [1.165, 1.54) is 0 Å². The van der Waals surface area contributed by atoms with E-state index in [1.54, 1.807) is 18.0 Å². The van der Waals surface area contributed by atoms with Crippen LogP contribution in [0.15, 0.2) is 17.6 Å². The first-order chi connectivity index (χ1) is 9.54. The number of aromatic nitrogens is 2. The maximum absolute atomic E-state index is 11.0. The molecule has 2 heterocycles. The number of nitrogens with one attached hydrogen (secondary N) is 1. The van der Waals surface area contributed by atoms with Crippen molar-refractivity contribution in [2.24, 2.45) is 0 Å². The van der Waals surface area contributed by atoms with Crippen LogP contribution in [0.1, 0.15) is 0 Å². The number of thioether (sulfide) groups is 1. The second-order valence-corrected chi connectivity index (χ2v) is 7.46. The lowest BCUT2D eigenvalue weighted by Crippen LogP contribution is -2.37. The first-order valence-electron chi connectivity index (χ1n) is 6.43. The molecule has 1 aromatic heterocycles. The van der Waals surface area contributed by atoms with Crippen molar-refractivity contribution in [3.05, 3.63) is 12.4 Å². The van der Waals surface area contributed by atoms with Crippen LogP contribution >= 0.6 is 11.8 Å². The summed E-state index contributed by atoms with van der Waals surface area (Å²) in [6, 6.07) is 0. The molecular formula is C11H20N4O3S2. The van der Waals surface area contributed by atoms with Crippen molar-refractivity contribution in [1.82, 2.24) is 19.2 Å². The first kappa shape index (κ1) is 15.8. The molecule has 114 valence electrons. The van der Waals surface area contributed by atoms with Gasteiger partial charge in [-0.15, -0.1) is 0 Å². The Balaban J connectivity index is 1.79. The summed E-state index contributed by atoms with van der Waals surface area (Å²) in [5.41, 5.74) is 0. The Morgan fingerprint density at radius 1 is 1.45 bits per heavy atom. The Morgan fingerprint density at radius 3 is 2.90 bits per heavy atom. The normalized spacial score (nSPS) is 17.4. The molecule has 0 amide bonds. The average molecular weight is 320 g/mol. The molecule has 20 heavy (non-hydrogen) atoms. The quantitative estimate of drug-likeness (QED) is 0.554. The van der Waals surface area contributed by atoms with Crippen molar-refractivity contribution in [1.29, 1.82) is 0 Å². The van der Waals surface area contributed by atoms with Gasteiger partial charge >= 0.3 is 0 Å². The Hall–Kier alpha value is -0.610. The number of morpholine rings is 1. The third-order valence-electron chi connectivity index (χ3n) is 2.83. The summed E-state index contributed by atoms with van der Waals surface area (Å²) in [6.45, 7) is 4.61. The molecule has 0 unspecified atom stereocenters. The lowest BCUT2D eigenvalue weighted by molar-refractivity contribution is 0.0220. The van der Waals surface area contributed by atoms with Crippen molar-refractivity contribution in [3.63, 3.8) is 0 Å². The lowest BCUT2D eigenvalue weighted by atomic mass is 10.4. The van der Waals surface area contributed by atoms with Crippen molar-refractivity contribution < 1.29 is 13.2 Å². The van der Waals surface area contributed by atoms with Crippen LogP contribution in [0.3, 0.4) is 0 Å². The summed E-state index contributed by atoms with van der Waals surface area (Å²) in [4.78, 5) is 6.62. The zero-order valence-electron chi connectivity index (χ0n) is 11.5. The van der Waals surface area contributed by atoms with Gasteiger partial charge in [-0.3, -0.25) is 4.90 Å². The van der Waals surface area contributed by atoms with E-state index >= 15 is 0 Å². The highest BCUT2D eigenvalue weighted by molar-refractivity contribution is 7.99. The molecule has 1 aliphatic heterocycles. The lowest BCUT2D eigenvalue weighted by Gasteiger charge is -2.27. The van der Waals surface area contributed by atoms with Crippen molar-refractivity contribution in [2.75, 3.05) is 44.9 Å². The highest BCUT2D eigenvalue weighted by Gasteiger charge is 2.12. The number of sulfonamides is 1. The number of hydrogen-bond donors (Lipinski definition) is 1. The van der Waals surface area contributed by atoms with Gasteiger partial charge in [0.1, 0.15) is 0 Å². The molecule has 0 aliphatic carbocycles. The minimum absolute atomic E-state index is 0.411. The molecule has 7 nitrogen and oxygen atoms in total. The smallest absolute Gasteiger partial charge is 0.208 e. The standard InChI is InChI=1S/C11H20N4O3S2/c1-20(16,17)13-3-9-19-11-12-2-4-15(11)10-14-5-7-18-8-6-14/h2,4,13H,3,5-10H2,1H3. The SMILES string of the molecule is CS(=O)(=O)NCCSc1nccn1CN1CCOCC1. The fourth-order valence-corrected chi connectivity index (χ4v) is 3.28. The molecule has 1 N–H and O–H groups in total. The zero-order valence-corrected chi connectivity index (χ0v) is 13.1. The van der Waals surface area contributed by atoms with Gasteiger partial charge in [-0.25, -0.2) is 18.1 Å². The first-order valence-corrected chi connectivity index (χ1v) is 9.31. The summed E-state index contributed by atoms with van der Waals surface area (Å²) in [5.74, 6) is 0.660. The Labute approximate surface area is 123 Å². The van der Waals surface area contributed by atoms with Crippen LogP contribution in [0.4, 0.5) is 0 Å². The predicted octanol–water partition coefficient (Wildman–Crippen LogP) is -0.186. The Kier molecular flexibility index (Phi) is 5.85. The summed E-state index contributed by atoms with van der Waals surface area (Å²) in [7, 11) is -3.11. The highest BCUT2D eigenvalue weighted by Crippen LogP contribution is 2.16. The van der Waals surface area contributed by atoms with Gasteiger partial charge in [0.05, 0.1) is 26.1 Å². The molecule has 0 radical (unpaired) electrons. The largest absolute Gasteiger partial charge is 0.379 e. The number of imidazole rings is 1. The van der Waals surface area contributed by atoms with Gasteiger partial charge in [-0.1, -0.05) is 11.8 Å². The molecule has 2 rings (SSSR count). The molecule has 1 fully saturated rings. The summed E-state index contributed by atoms with van der Waals surface area (Å²) >= 11 is 1.55. The Bertz CT molecular complexity index is 511. The molecule has 1 aromatic rings. The Morgan fingerprint density at radius 2 is 2.20 bits per heavy atom. The van der Waals surface area contributed by atoms with Crippen LogP contribution in [0.25, 0.3) is 0 Å². The number of ether oxygens (including phenoxy) is 1. The topological polar surface area (TPSA) is 76.5 Å². The van der Waals surface area contributed by atoms with Gasteiger partial charge in [0, 0.05) is 37.8 Å². The van der Waals surface area contributed by atoms with Gasteiger partial charge in [0.25, 0.3) is 0 Å². The fraction of sp³-hybridized carbons (Fsp3) is 0.727.